The number of hydrogen-bond acceptors (Lipinski definition) is 3. The van der Waals surface area contributed by atoms with Crippen LogP contribution in [0.5, 0.6) is 0 Å². The molecule has 0 aromatic rings. The normalized spacial score (nSPS) is 36.6. The second-order valence-electron chi connectivity index (χ2n) is 18.8. The third kappa shape index (κ3) is 9.41. The van der Waals surface area contributed by atoms with Crippen LogP contribution in [0.15, 0.2) is 0 Å². The van der Waals surface area contributed by atoms with Crippen LogP contribution in [0.4, 0.5) is 0 Å². The molecule has 2 saturated carbocycles. The first-order valence-electron chi connectivity index (χ1n) is 17.5. The summed E-state index contributed by atoms with van der Waals surface area (Å²) in [5.74, 6) is 4.21. The zero-order valence-corrected chi connectivity index (χ0v) is 30.8. The molecule has 3 rings (SSSR count). The molecule has 0 bridgehead atoms. The van der Waals surface area contributed by atoms with Crippen LogP contribution in [-0.4, -0.2) is 18.8 Å². The summed E-state index contributed by atoms with van der Waals surface area (Å²) in [5, 5.41) is 0. The molecule has 9 atom stereocenters. The zero-order chi connectivity index (χ0) is 31.0. The quantitative estimate of drug-likeness (QED) is 0.274. The Morgan fingerprint density at radius 1 is 0.634 bits per heavy atom. The van der Waals surface area contributed by atoms with Crippen molar-refractivity contribution in [3.63, 3.8) is 0 Å². The van der Waals surface area contributed by atoms with Crippen LogP contribution in [0, 0.1) is 63.1 Å². The van der Waals surface area contributed by atoms with Crippen molar-refractivity contribution in [3.8, 4) is 0 Å². The molecule has 3 aliphatic rings. The molecule has 0 spiro atoms. The van der Waals surface area contributed by atoms with Gasteiger partial charge in [0.05, 0.1) is 18.8 Å². The minimum Gasteiger partial charge on any atom is -0.312 e. The first-order chi connectivity index (χ1) is 18.8. The van der Waals surface area contributed by atoms with Gasteiger partial charge in [-0.2, -0.15) is 0 Å². The van der Waals surface area contributed by atoms with Gasteiger partial charge in [-0.05, 0) is 102 Å². The second-order valence-corrected chi connectivity index (χ2v) is 20.0. The van der Waals surface area contributed by atoms with Crippen molar-refractivity contribution < 1.29 is 13.6 Å². The maximum absolute atomic E-state index is 7.22. The highest BCUT2D eigenvalue weighted by Crippen LogP contribution is 2.61. The molecular formula is C37H71O3P. The number of fused-ring (bicyclic) bond motifs is 2. The van der Waals surface area contributed by atoms with E-state index in [1.165, 1.54) is 51.4 Å². The van der Waals surface area contributed by atoms with Crippen molar-refractivity contribution in [1.82, 2.24) is 0 Å². The first kappa shape index (κ1) is 35.8. The predicted molar refractivity (Wildman–Crippen MR) is 178 cm³/mol. The smallest absolute Gasteiger partial charge is 0.312 e. The largest absolute Gasteiger partial charge is 0.333 e. The molecule has 0 amide bonds. The van der Waals surface area contributed by atoms with Crippen molar-refractivity contribution in [1.29, 1.82) is 0 Å². The van der Waals surface area contributed by atoms with Crippen molar-refractivity contribution in [2.45, 2.75) is 167 Å². The Morgan fingerprint density at radius 3 is 1.41 bits per heavy atom. The van der Waals surface area contributed by atoms with Crippen LogP contribution in [0.25, 0.3) is 0 Å². The molecule has 1 heterocycles. The lowest BCUT2D eigenvalue weighted by molar-refractivity contribution is -0.124. The molecule has 4 heteroatoms. The topological polar surface area (TPSA) is 27.7 Å². The Morgan fingerprint density at radius 2 is 1.07 bits per heavy atom. The van der Waals surface area contributed by atoms with Crippen LogP contribution in [0.1, 0.15) is 155 Å². The monoisotopic (exact) mass is 595 g/mol. The number of rotatable bonds is 7. The molecule has 3 nitrogen and oxygen atoms in total. The SMILES string of the molecule is CCCCC(CC)COP1OC2C(CC3CC(C(C)(C)C)CC(C(C)(C)C)C3O1)CC(C(C)(C)C)CC2C(C)(C)C. The Balaban J connectivity index is 2.02. The summed E-state index contributed by atoms with van der Waals surface area (Å²) in [6.45, 7) is 34.8. The van der Waals surface area contributed by atoms with Gasteiger partial charge in [-0.15, -0.1) is 0 Å². The zero-order valence-electron chi connectivity index (χ0n) is 29.9. The number of hydrogen-bond donors (Lipinski definition) is 0. The van der Waals surface area contributed by atoms with Crippen molar-refractivity contribution in [3.05, 3.63) is 0 Å². The molecule has 9 unspecified atom stereocenters. The average Bonchev–Trinajstić information content (AvgIpc) is 2.81. The minimum atomic E-state index is -1.39. The summed E-state index contributed by atoms with van der Waals surface area (Å²) < 4.78 is 21.2. The fourth-order valence-electron chi connectivity index (χ4n) is 8.35. The van der Waals surface area contributed by atoms with Gasteiger partial charge in [0.25, 0.3) is 0 Å². The van der Waals surface area contributed by atoms with Gasteiger partial charge in [0, 0.05) is 0 Å². The van der Waals surface area contributed by atoms with E-state index in [1.54, 1.807) is 0 Å². The van der Waals surface area contributed by atoms with Gasteiger partial charge in [0.2, 0.25) is 0 Å². The average molecular weight is 595 g/mol. The summed E-state index contributed by atoms with van der Waals surface area (Å²) in [7, 11) is -1.39. The highest BCUT2D eigenvalue weighted by atomic mass is 31.2. The molecule has 0 aromatic carbocycles. The van der Waals surface area contributed by atoms with E-state index >= 15 is 0 Å². The van der Waals surface area contributed by atoms with E-state index in [4.69, 9.17) is 13.6 Å². The van der Waals surface area contributed by atoms with Crippen LogP contribution >= 0.6 is 8.60 Å². The summed E-state index contributed by atoms with van der Waals surface area (Å²) >= 11 is 0. The highest BCUT2D eigenvalue weighted by molar-refractivity contribution is 7.41. The van der Waals surface area contributed by atoms with Gasteiger partial charge in [-0.1, -0.05) is 116 Å². The van der Waals surface area contributed by atoms with Crippen molar-refractivity contribution in [2.24, 2.45) is 63.1 Å². The molecule has 2 aliphatic carbocycles. The number of unbranched alkanes of at least 4 members (excludes halogenated alkanes) is 1. The van der Waals surface area contributed by atoms with Crippen LogP contribution in [-0.2, 0) is 13.6 Å². The third-order valence-corrected chi connectivity index (χ3v) is 12.8. The van der Waals surface area contributed by atoms with Crippen molar-refractivity contribution >= 4 is 8.60 Å². The summed E-state index contributed by atoms with van der Waals surface area (Å²) in [6, 6.07) is 0. The summed E-state index contributed by atoms with van der Waals surface area (Å²) in [5.41, 5.74) is 1.01. The molecule has 1 aliphatic heterocycles. The Kier molecular flexibility index (Phi) is 12.0. The lowest BCUT2D eigenvalue weighted by Gasteiger charge is -2.56. The predicted octanol–water partition coefficient (Wildman–Crippen LogP) is 12.1. The van der Waals surface area contributed by atoms with Gasteiger partial charge in [0.15, 0.2) is 0 Å². The lowest BCUT2D eigenvalue weighted by atomic mass is 9.55. The van der Waals surface area contributed by atoms with Gasteiger partial charge in [-0.3, -0.25) is 0 Å². The van der Waals surface area contributed by atoms with E-state index in [1.807, 2.05) is 0 Å². The Labute approximate surface area is 258 Å². The molecule has 0 aromatic heterocycles. The van der Waals surface area contributed by atoms with Gasteiger partial charge < -0.3 is 13.6 Å². The molecule has 242 valence electrons. The molecule has 41 heavy (non-hydrogen) atoms. The van der Waals surface area contributed by atoms with Gasteiger partial charge in [-0.25, -0.2) is 0 Å². The van der Waals surface area contributed by atoms with E-state index in [-0.39, 0.29) is 23.0 Å². The molecule has 0 radical (unpaired) electrons. The van der Waals surface area contributed by atoms with E-state index in [9.17, 15) is 0 Å². The maximum atomic E-state index is 7.22. The second kappa shape index (κ2) is 13.7. The fraction of sp³-hybridized carbons (Fsp3) is 1.00. The summed E-state index contributed by atoms with van der Waals surface area (Å²) in [4.78, 5) is 0. The lowest BCUT2D eigenvalue weighted by Crippen LogP contribution is -2.52. The van der Waals surface area contributed by atoms with E-state index < -0.39 is 8.60 Å². The standard InChI is InChI=1S/C37H71O3P/c1-15-17-18-25(16-2)24-38-41-39-32-26(20-28(34(3,4)5)22-30(32)36(9,10)11)19-27-21-29(35(6,7)8)23-31(33(27)40-41)37(12,13)14/h25-33H,15-24H2,1-14H3. The van der Waals surface area contributed by atoms with E-state index in [2.05, 4.69) is 96.9 Å². The molecule has 3 fully saturated rings. The van der Waals surface area contributed by atoms with Gasteiger partial charge in [0.1, 0.15) is 0 Å². The molecule has 0 N–H and O–H groups in total. The van der Waals surface area contributed by atoms with E-state index in [0.717, 1.165) is 24.9 Å². The van der Waals surface area contributed by atoms with Crippen LogP contribution in [0.2, 0.25) is 0 Å². The van der Waals surface area contributed by atoms with Gasteiger partial charge >= 0.3 is 8.60 Å². The summed E-state index contributed by atoms with van der Waals surface area (Å²) in [6.07, 6.45) is 11.7. The fourth-order valence-corrected chi connectivity index (χ4v) is 9.89. The Hall–Kier alpha value is 0.310. The third-order valence-electron chi connectivity index (χ3n) is 11.6. The Bertz CT molecular complexity index is 741. The van der Waals surface area contributed by atoms with Crippen molar-refractivity contribution in [2.75, 3.05) is 6.61 Å². The van der Waals surface area contributed by atoms with Crippen LogP contribution in [0.3, 0.4) is 0 Å². The molecule has 1 saturated heterocycles. The van der Waals surface area contributed by atoms with Crippen LogP contribution < -0.4 is 0 Å². The van der Waals surface area contributed by atoms with E-state index in [0.29, 0.717) is 40.4 Å². The molecular weight excluding hydrogens is 523 g/mol. The maximum Gasteiger partial charge on any atom is 0.333 e. The minimum absolute atomic E-state index is 0.188. The first-order valence-corrected chi connectivity index (χ1v) is 18.6. The highest BCUT2D eigenvalue weighted by Gasteiger charge is 2.54.